The molecule has 0 atom stereocenters. The van der Waals surface area contributed by atoms with Crippen LogP contribution in [0.15, 0.2) is 48.5 Å². The summed E-state index contributed by atoms with van der Waals surface area (Å²) in [7, 11) is 3.27. The maximum atomic E-state index is 12.5. The van der Waals surface area contributed by atoms with E-state index in [2.05, 4.69) is 10.6 Å². The number of rotatable bonds is 13. The van der Waals surface area contributed by atoms with Crippen molar-refractivity contribution < 1.29 is 19.2 Å². The molecule has 2 aromatic carbocycles. The molecule has 0 fully saturated rings. The lowest BCUT2D eigenvalue weighted by atomic mass is 10.1. The van der Waals surface area contributed by atoms with Crippen molar-refractivity contribution in [1.82, 2.24) is 19.8 Å². The van der Waals surface area contributed by atoms with Gasteiger partial charge in [-0.3, -0.25) is 19.2 Å². The Kier molecular flexibility index (Phi) is 9.30. The van der Waals surface area contributed by atoms with E-state index in [9.17, 15) is 19.2 Å². The first-order valence-corrected chi connectivity index (χ1v) is 14.8. The summed E-state index contributed by atoms with van der Waals surface area (Å²) in [5.41, 5.74) is 4.56. The molecule has 4 aromatic rings. The third-order valence-corrected chi connectivity index (χ3v) is 8.91. The first-order chi connectivity index (χ1) is 18.5. The Morgan fingerprint density at radius 2 is 1.11 bits per heavy atom. The summed E-state index contributed by atoms with van der Waals surface area (Å²) in [4.78, 5) is 48.0. The summed E-state index contributed by atoms with van der Waals surface area (Å²) >= 11 is 0. The van der Waals surface area contributed by atoms with Crippen LogP contribution < -0.4 is 10.6 Å². The first kappa shape index (κ1) is 27.5. The Bertz CT molecular complexity index is 1380. The van der Waals surface area contributed by atoms with E-state index in [0.29, 0.717) is 24.2 Å². The van der Waals surface area contributed by atoms with Gasteiger partial charge in [-0.15, -0.1) is 0 Å². The maximum Gasteiger partial charge on any atom is 0.239 e. The number of nitrogens with zero attached hydrogens (tertiary/aromatic N) is 2. The van der Waals surface area contributed by atoms with E-state index >= 15 is 0 Å². The van der Waals surface area contributed by atoms with Crippen LogP contribution in [-0.4, -0.2) is 58.1 Å². The zero-order chi connectivity index (χ0) is 27.1. The van der Waals surface area contributed by atoms with Crippen LogP contribution in [0.25, 0.3) is 21.8 Å². The Hall–Kier alpha value is -3.50. The molecule has 2 heterocycles. The highest BCUT2D eigenvalue weighted by molar-refractivity contribution is 8.76. The normalized spacial score (nSPS) is 11.1. The topological polar surface area (TPSA) is 102 Å². The largest absolute Gasteiger partial charge is 0.354 e. The average Bonchev–Trinajstić information content (AvgIpc) is 3.35. The second-order valence-electron chi connectivity index (χ2n) is 8.78. The van der Waals surface area contributed by atoms with Gasteiger partial charge in [0.1, 0.15) is 13.1 Å². The van der Waals surface area contributed by atoms with Gasteiger partial charge in [-0.1, -0.05) is 58.0 Å². The van der Waals surface area contributed by atoms with Crippen LogP contribution in [0, 0.1) is 13.8 Å². The van der Waals surface area contributed by atoms with Gasteiger partial charge in [-0.2, -0.15) is 0 Å². The third kappa shape index (κ3) is 5.97. The molecule has 0 unspecified atom stereocenters. The predicted octanol–water partition coefficient (Wildman–Crippen LogP) is 4.15. The van der Waals surface area contributed by atoms with E-state index in [1.54, 1.807) is 21.6 Å². The smallest absolute Gasteiger partial charge is 0.239 e. The van der Waals surface area contributed by atoms with Gasteiger partial charge >= 0.3 is 0 Å². The van der Waals surface area contributed by atoms with Crippen molar-refractivity contribution in [1.29, 1.82) is 0 Å². The Labute approximate surface area is 228 Å². The van der Waals surface area contributed by atoms with Gasteiger partial charge in [0.05, 0.1) is 0 Å². The fraction of sp³-hybridized carbons (Fsp3) is 0.286. The number of aldehydes is 2. The minimum Gasteiger partial charge on any atom is -0.354 e. The summed E-state index contributed by atoms with van der Waals surface area (Å²) in [6.07, 6.45) is 1.69. The van der Waals surface area contributed by atoms with Crippen molar-refractivity contribution in [2.75, 3.05) is 24.6 Å². The Balaban J connectivity index is 1.14. The van der Waals surface area contributed by atoms with Crippen LogP contribution in [-0.2, 0) is 22.7 Å². The molecule has 38 heavy (non-hydrogen) atoms. The number of hydrogen-bond acceptors (Lipinski definition) is 6. The molecule has 2 N–H and O–H groups in total. The molecule has 0 bridgehead atoms. The summed E-state index contributed by atoms with van der Waals surface area (Å²) in [6.45, 7) is 5.09. The molecule has 0 aliphatic carbocycles. The second-order valence-corrected chi connectivity index (χ2v) is 11.5. The van der Waals surface area contributed by atoms with E-state index in [-0.39, 0.29) is 24.9 Å². The summed E-state index contributed by atoms with van der Waals surface area (Å²) in [5, 5.41) is 7.58. The Morgan fingerprint density at radius 3 is 1.50 bits per heavy atom. The SMILES string of the molecule is Cc1c(C=O)c2ccccc2n1CC(=O)NCCSSCCNC(=O)Cn1c(C)c(C=O)c2ccccc21. The summed E-state index contributed by atoms with van der Waals surface area (Å²) < 4.78 is 3.74. The number of carbonyl (C=O) groups is 4. The van der Waals surface area contributed by atoms with Crippen LogP contribution in [0.2, 0.25) is 0 Å². The molecule has 0 saturated heterocycles. The minimum absolute atomic E-state index is 0.102. The number of carbonyl (C=O) groups excluding carboxylic acids is 4. The van der Waals surface area contributed by atoms with Crippen molar-refractivity contribution in [3.8, 4) is 0 Å². The predicted molar refractivity (Wildman–Crippen MR) is 155 cm³/mol. The molecular formula is C28H30N4O4S2. The number of fused-ring (bicyclic) bond motifs is 2. The van der Waals surface area contributed by atoms with Crippen molar-refractivity contribution in [3.05, 3.63) is 71.0 Å². The molecule has 0 aliphatic rings. The number of amides is 2. The van der Waals surface area contributed by atoms with Gasteiger partial charge < -0.3 is 19.8 Å². The van der Waals surface area contributed by atoms with Crippen LogP contribution in [0.5, 0.6) is 0 Å². The highest BCUT2D eigenvalue weighted by Crippen LogP contribution is 2.25. The van der Waals surface area contributed by atoms with Crippen molar-refractivity contribution >= 4 is 67.8 Å². The van der Waals surface area contributed by atoms with Crippen LogP contribution in [0.4, 0.5) is 0 Å². The quantitative estimate of drug-likeness (QED) is 0.147. The zero-order valence-electron chi connectivity index (χ0n) is 21.4. The fourth-order valence-corrected chi connectivity index (χ4v) is 6.42. The van der Waals surface area contributed by atoms with Crippen LogP contribution >= 0.6 is 21.6 Å². The van der Waals surface area contributed by atoms with Gasteiger partial charge in [0.25, 0.3) is 0 Å². The maximum absolute atomic E-state index is 12.5. The molecule has 198 valence electrons. The summed E-state index contributed by atoms with van der Waals surface area (Å²) in [5.74, 6) is 1.26. The van der Waals surface area contributed by atoms with Crippen LogP contribution in [0.1, 0.15) is 32.1 Å². The molecule has 2 amide bonds. The lowest BCUT2D eigenvalue weighted by Gasteiger charge is -2.10. The molecule has 0 spiro atoms. The third-order valence-electron chi connectivity index (χ3n) is 6.50. The van der Waals surface area contributed by atoms with E-state index in [4.69, 9.17) is 0 Å². The standard InChI is InChI=1S/C28H30N4O4S2/c1-19-23(17-33)21-7-3-5-9-25(21)31(19)15-27(35)29-11-13-37-38-14-12-30-28(36)16-32-20(2)24(18-34)22-8-4-6-10-26(22)32/h3-10,17-18H,11-16H2,1-2H3,(H,29,35)(H,30,36). The van der Waals surface area contributed by atoms with Crippen molar-refractivity contribution in [2.45, 2.75) is 26.9 Å². The van der Waals surface area contributed by atoms with Gasteiger partial charge in [0.2, 0.25) is 11.8 Å². The highest BCUT2D eigenvalue weighted by atomic mass is 33.1. The molecule has 2 aromatic heterocycles. The van der Waals surface area contributed by atoms with Crippen molar-refractivity contribution in [2.24, 2.45) is 0 Å². The molecule has 0 aliphatic heterocycles. The Morgan fingerprint density at radius 1 is 0.711 bits per heavy atom. The van der Waals surface area contributed by atoms with Crippen molar-refractivity contribution in [3.63, 3.8) is 0 Å². The monoisotopic (exact) mass is 550 g/mol. The molecule has 0 radical (unpaired) electrons. The lowest BCUT2D eigenvalue weighted by Crippen LogP contribution is -2.30. The molecule has 8 nitrogen and oxygen atoms in total. The first-order valence-electron chi connectivity index (χ1n) is 12.3. The zero-order valence-corrected chi connectivity index (χ0v) is 23.0. The average molecular weight is 551 g/mol. The molecule has 0 saturated carbocycles. The number of benzene rings is 2. The van der Waals surface area contributed by atoms with E-state index < -0.39 is 0 Å². The molecule has 4 rings (SSSR count). The van der Waals surface area contributed by atoms with E-state index in [1.807, 2.05) is 71.5 Å². The van der Waals surface area contributed by atoms with Gasteiger partial charge in [0.15, 0.2) is 12.6 Å². The number of aromatic nitrogens is 2. The van der Waals surface area contributed by atoms with Gasteiger partial charge in [-0.25, -0.2) is 0 Å². The van der Waals surface area contributed by atoms with Gasteiger partial charge in [-0.05, 0) is 26.0 Å². The van der Waals surface area contributed by atoms with E-state index in [1.165, 1.54) is 0 Å². The van der Waals surface area contributed by atoms with Gasteiger partial charge in [0, 0.05) is 68.9 Å². The molecular weight excluding hydrogens is 520 g/mol. The highest BCUT2D eigenvalue weighted by Gasteiger charge is 2.16. The summed E-state index contributed by atoms with van der Waals surface area (Å²) in [6, 6.07) is 15.2. The fourth-order valence-electron chi connectivity index (χ4n) is 4.60. The molecule has 10 heteroatoms. The van der Waals surface area contributed by atoms with E-state index in [0.717, 1.165) is 57.3 Å². The number of nitrogens with one attached hydrogen (secondary N) is 2. The lowest BCUT2D eigenvalue weighted by molar-refractivity contribution is -0.122. The number of hydrogen-bond donors (Lipinski definition) is 2. The van der Waals surface area contributed by atoms with Crippen LogP contribution in [0.3, 0.4) is 0 Å². The minimum atomic E-state index is -0.102. The number of para-hydroxylation sites is 2. The second kappa shape index (κ2) is 12.8.